The van der Waals surface area contributed by atoms with Crippen LogP contribution in [0.5, 0.6) is 0 Å². The van der Waals surface area contributed by atoms with Crippen LogP contribution in [0, 0.1) is 12.8 Å². The van der Waals surface area contributed by atoms with Crippen LogP contribution < -0.4 is 10.2 Å². The lowest BCUT2D eigenvalue weighted by molar-refractivity contribution is -0.129. The van der Waals surface area contributed by atoms with E-state index in [-0.39, 0.29) is 11.8 Å². The van der Waals surface area contributed by atoms with Gasteiger partial charge in [0.05, 0.1) is 10.7 Å². The number of hydrogen-bond acceptors (Lipinski definition) is 4. The second kappa shape index (κ2) is 6.87. The third-order valence-electron chi connectivity index (χ3n) is 4.48. The van der Waals surface area contributed by atoms with E-state index in [1.807, 2.05) is 0 Å². The van der Waals surface area contributed by atoms with Crippen molar-refractivity contribution in [2.24, 2.45) is 5.92 Å². The predicted molar refractivity (Wildman–Crippen MR) is 104 cm³/mol. The third kappa shape index (κ3) is 3.38. The first kappa shape index (κ1) is 17.8. The van der Waals surface area contributed by atoms with Gasteiger partial charge in [0.2, 0.25) is 11.8 Å². The molecule has 0 spiro atoms. The molecular formula is C19H15Cl2N3O3. The van der Waals surface area contributed by atoms with Crippen LogP contribution in [-0.2, 0) is 9.59 Å². The van der Waals surface area contributed by atoms with Gasteiger partial charge in [0.25, 0.3) is 0 Å². The highest BCUT2D eigenvalue weighted by molar-refractivity contribution is 6.36. The molecule has 8 heteroatoms. The van der Waals surface area contributed by atoms with Crippen molar-refractivity contribution in [2.45, 2.75) is 13.3 Å². The molecule has 1 saturated heterocycles. The van der Waals surface area contributed by atoms with Crippen molar-refractivity contribution >= 4 is 57.5 Å². The number of anilines is 2. The fourth-order valence-corrected chi connectivity index (χ4v) is 3.59. The lowest BCUT2D eigenvalue weighted by Crippen LogP contribution is -2.33. The number of nitrogens with one attached hydrogen (secondary N) is 1. The van der Waals surface area contributed by atoms with Gasteiger partial charge in [-0.05, 0) is 42.8 Å². The van der Waals surface area contributed by atoms with Crippen molar-refractivity contribution in [3.05, 3.63) is 52.3 Å². The average molecular weight is 404 g/mol. The van der Waals surface area contributed by atoms with E-state index < -0.39 is 5.92 Å². The van der Waals surface area contributed by atoms with Gasteiger partial charge in [0.1, 0.15) is 11.4 Å². The molecule has 2 aromatic carbocycles. The molecular weight excluding hydrogens is 389 g/mol. The van der Waals surface area contributed by atoms with E-state index in [1.54, 1.807) is 43.3 Å². The Labute approximate surface area is 165 Å². The number of rotatable bonds is 3. The maximum Gasteiger partial charge on any atom is 0.239 e. The normalized spacial score (nSPS) is 16.9. The molecule has 0 aliphatic carbocycles. The number of oxazole rings is 1. The Morgan fingerprint density at radius 2 is 2.07 bits per heavy atom. The Balaban J connectivity index is 1.52. The fraction of sp³-hybridized carbons (Fsp3) is 0.211. The van der Waals surface area contributed by atoms with E-state index >= 15 is 0 Å². The highest BCUT2D eigenvalue weighted by Crippen LogP contribution is 2.34. The SMILES string of the molecule is Cc1nc2cc(NC(=O)C3CCN(c4cc(Cl)ccc4Cl)C3=O)ccc2o1. The van der Waals surface area contributed by atoms with Crippen LogP contribution in [0.25, 0.3) is 11.1 Å². The Morgan fingerprint density at radius 1 is 1.26 bits per heavy atom. The summed E-state index contributed by atoms with van der Waals surface area (Å²) in [6.07, 6.45) is 0.402. The summed E-state index contributed by atoms with van der Waals surface area (Å²) in [6.45, 7) is 2.16. The number of aryl methyl sites for hydroxylation is 1. The standard InChI is InChI=1S/C19H15Cl2N3O3/c1-10-22-15-9-12(3-5-17(15)27-10)23-18(25)13-6-7-24(19(13)26)16-8-11(20)2-4-14(16)21/h2-5,8-9,13H,6-7H2,1H3,(H,23,25). The fourth-order valence-electron chi connectivity index (χ4n) is 3.20. The molecule has 1 atom stereocenters. The summed E-state index contributed by atoms with van der Waals surface area (Å²) in [7, 11) is 0. The first-order valence-electron chi connectivity index (χ1n) is 8.37. The molecule has 1 aliphatic rings. The summed E-state index contributed by atoms with van der Waals surface area (Å²) < 4.78 is 5.42. The first-order valence-corrected chi connectivity index (χ1v) is 9.12. The number of benzene rings is 2. The quantitative estimate of drug-likeness (QED) is 0.656. The van der Waals surface area contributed by atoms with Crippen molar-refractivity contribution in [1.82, 2.24) is 4.98 Å². The van der Waals surface area contributed by atoms with E-state index in [1.165, 1.54) is 4.90 Å². The molecule has 3 aromatic rings. The molecule has 2 amide bonds. The van der Waals surface area contributed by atoms with Crippen molar-refractivity contribution in [3.63, 3.8) is 0 Å². The van der Waals surface area contributed by atoms with E-state index in [2.05, 4.69) is 10.3 Å². The minimum absolute atomic E-state index is 0.296. The monoisotopic (exact) mass is 403 g/mol. The summed E-state index contributed by atoms with van der Waals surface area (Å²) in [5, 5.41) is 3.68. The number of halogens is 2. The minimum Gasteiger partial charge on any atom is -0.441 e. The van der Waals surface area contributed by atoms with E-state index in [0.29, 0.717) is 51.4 Å². The van der Waals surface area contributed by atoms with Gasteiger partial charge in [-0.25, -0.2) is 4.98 Å². The van der Waals surface area contributed by atoms with Gasteiger partial charge < -0.3 is 14.6 Å². The molecule has 138 valence electrons. The number of aromatic nitrogens is 1. The number of nitrogens with zero attached hydrogens (tertiary/aromatic N) is 2. The van der Waals surface area contributed by atoms with Gasteiger partial charge >= 0.3 is 0 Å². The Kier molecular flexibility index (Phi) is 4.53. The molecule has 1 aromatic heterocycles. The topological polar surface area (TPSA) is 75.4 Å². The molecule has 0 saturated carbocycles. The zero-order chi connectivity index (χ0) is 19.1. The summed E-state index contributed by atoms with van der Waals surface area (Å²) in [5.74, 6) is -0.890. The summed E-state index contributed by atoms with van der Waals surface area (Å²) in [5.41, 5.74) is 2.37. The van der Waals surface area contributed by atoms with Crippen LogP contribution in [0.4, 0.5) is 11.4 Å². The van der Waals surface area contributed by atoms with E-state index in [4.69, 9.17) is 27.6 Å². The van der Waals surface area contributed by atoms with Crippen LogP contribution in [0.3, 0.4) is 0 Å². The first-order chi connectivity index (χ1) is 12.9. The number of hydrogen-bond donors (Lipinski definition) is 1. The Bertz CT molecular complexity index is 1060. The Morgan fingerprint density at radius 3 is 2.89 bits per heavy atom. The Hall–Kier alpha value is -2.57. The number of fused-ring (bicyclic) bond motifs is 1. The van der Waals surface area contributed by atoms with Crippen LogP contribution in [0.1, 0.15) is 12.3 Å². The summed E-state index contributed by atoms with van der Waals surface area (Å²) in [6, 6.07) is 10.1. The smallest absolute Gasteiger partial charge is 0.239 e. The number of carbonyl (C=O) groups is 2. The molecule has 27 heavy (non-hydrogen) atoms. The number of amides is 2. The molecule has 0 radical (unpaired) electrons. The van der Waals surface area contributed by atoms with Gasteiger partial charge in [-0.1, -0.05) is 23.2 Å². The molecule has 6 nitrogen and oxygen atoms in total. The van der Waals surface area contributed by atoms with E-state index in [9.17, 15) is 9.59 Å². The van der Waals surface area contributed by atoms with E-state index in [0.717, 1.165) is 0 Å². The average Bonchev–Trinajstić information content (AvgIpc) is 3.18. The van der Waals surface area contributed by atoms with Gasteiger partial charge in [0, 0.05) is 24.2 Å². The molecule has 1 fully saturated rings. The zero-order valence-electron chi connectivity index (χ0n) is 14.3. The highest BCUT2D eigenvalue weighted by atomic mass is 35.5. The van der Waals surface area contributed by atoms with Crippen LogP contribution in [0.15, 0.2) is 40.8 Å². The maximum absolute atomic E-state index is 12.8. The summed E-state index contributed by atoms with van der Waals surface area (Å²) >= 11 is 12.2. The van der Waals surface area contributed by atoms with Crippen molar-refractivity contribution in [3.8, 4) is 0 Å². The third-order valence-corrected chi connectivity index (χ3v) is 5.04. The van der Waals surface area contributed by atoms with Gasteiger partial charge in [0.15, 0.2) is 11.5 Å². The van der Waals surface area contributed by atoms with Gasteiger partial charge in [-0.15, -0.1) is 0 Å². The maximum atomic E-state index is 12.8. The zero-order valence-corrected chi connectivity index (χ0v) is 15.8. The van der Waals surface area contributed by atoms with Crippen LogP contribution >= 0.6 is 23.2 Å². The minimum atomic E-state index is -0.783. The lowest BCUT2D eigenvalue weighted by Gasteiger charge is -2.18. The second-order valence-corrected chi connectivity index (χ2v) is 7.18. The van der Waals surface area contributed by atoms with Crippen LogP contribution in [0.2, 0.25) is 10.0 Å². The van der Waals surface area contributed by atoms with Gasteiger partial charge in [-0.2, -0.15) is 0 Å². The van der Waals surface area contributed by atoms with Crippen molar-refractivity contribution in [1.29, 1.82) is 0 Å². The molecule has 2 heterocycles. The highest BCUT2D eigenvalue weighted by Gasteiger charge is 2.38. The largest absolute Gasteiger partial charge is 0.441 e. The number of carbonyl (C=O) groups excluding carboxylic acids is 2. The van der Waals surface area contributed by atoms with Crippen molar-refractivity contribution < 1.29 is 14.0 Å². The molecule has 0 bridgehead atoms. The van der Waals surface area contributed by atoms with Crippen LogP contribution in [-0.4, -0.2) is 23.3 Å². The van der Waals surface area contributed by atoms with Gasteiger partial charge in [-0.3, -0.25) is 9.59 Å². The van der Waals surface area contributed by atoms with Crippen molar-refractivity contribution in [2.75, 3.05) is 16.8 Å². The molecule has 1 unspecified atom stereocenters. The predicted octanol–water partition coefficient (Wildman–Crippen LogP) is 4.43. The molecule has 4 rings (SSSR count). The summed E-state index contributed by atoms with van der Waals surface area (Å²) in [4.78, 5) is 31.1. The molecule has 1 aliphatic heterocycles. The lowest BCUT2D eigenvalue weighted by atomic mass is 10.1. The second-order valence-electron chi connectivity index (χ2n) is 6.33. The molecule has 1 N–H and O–H groups in total.